The number of benzene rings is 1. The Hall–Kier alpha value is -2.36. The van der Waals surface area contributed by atoms with E-state index in [1.54, 1.807) is 19.9 Å². The minimum atomic E-state index is -1.41. The molecule has 1 atom stereocenters. The minimum Gasteiger partial charge on any atom is -0.293 e. The molecule has 0 N–H and O–H groups in total. The number of rotatable bonds is 5. The van der Waals surface area contributed by atoms with Gasteiger partial charge >= 0.3 is 5.69 Å². The number of nitriles is 1. The van der Waals surface area contributed by atoms with Gasteiger partial charge < -0.3 is 0 Å². The summed E-state index contributed by atoms with van der Waals surface area (Å²) in [6, 6.07) is 2.70. The zero-order valence-electron chi connectivity index (χ0n) is 10.9. The van der Waals surface area contributed by atoms with Gasteiger partial charge in [-0.05, 0) is 18.4 Å². The van der Waals surface area contributed by atoms with Crippen LogP contribution in [0.5, 0.6) is 0 Å². The standard InChI is InChI=1S/C13H12F2N2O3/c1-7(2)3-8(6-16)13(18)10-4-9(14)5-11(12(10)15)17(19)20/h4-5,7-8H,3H2,1-2H3. The Bertz CT molecular complexity index is 594. The molecule has 0 radical (unpaired) electrons. The lowest BCUT2D eigenvalue weighted by Gasteiger charge is -2.11. The number of hydrogen-bond acceptors (Lipinski definition) is 4. The van der Waals surface area contributed by atoms with Crippen LogP contribution in [0.25, 0.3) is 0 Å². The van der Waals surface area contributed by atoms with Gasteiger partial charge in [0.15, 0.2) is 5.78 Å². The van der Waals surface area contributed by atoms with E-state index in [0.29, 0.717) is 12.1 Å². The van der Waals surface area contributed by atoms with Crippen molar-refractivity contribution in [2.24, 2.45) is 11.8 Å². The van der Waals surface area contributed by atoms with Gasteiger partial charge in [0.25, 0.3) is 0 Å². The molecule has 0 heterocycles. The SMILES string of the molecule is CC(C)CC(C#N)C(=O)c1cc(F)cc([N+](=O)[O-])c1F. The predicted octanol–water partition coefficient (Wildman–Crippen LogP) is 3.24. The zero-order valence-corrected chi connectivity index (χ0v) is 10.9. The quantitative estimate of drug-likeness (QED) is 0.471. The van der Waals surface area contributed by atoms with Crippen molar-refractivity contribution in [1.82, 2.24) is 0 Å². The highest BCUT2D eigenvalue weighted by atomic mass is 19.1. The van der Waals surface area contributed by atoms with Crippen molar-refractivity contribution in [3.8, 4) is 6.07 Å². The number of halogens is 2. The van der Waals surface area contributed by atoms with E-state index >= 15 is 0 Å². The molecule has 0 bridgehead atoms. The summed E-state index contributed by atoms with van der Waals surface area (Å²) in [5, 5.41) is 19.5. The number of nitro groups is 1. The Morgan fingerprint density at radius 2 is 2.05 bits per heavy atom. The Labute approximate surface area is 114 Å². The smallest absolute Gasteiger partial charge is 0.293 e. The van der Waals surface area contributed by atoms with E-state index in [1.807, 2.05) is 0 Å². The van der Waals surface area contributed by atoms with E-state index in [9.17, 15) is 23.7 Å². The van der Waals surface area contributed by atoms with Crippen molar-refractivity contribution in [3.05, 3.63) is 39.4 Å². The summed E-state index contributed by atoms with van der Waals surface area (Å²) < 4.78 is 27.1. The zero-order chi connectivity index (χ0) is 15.4. The lowest BCUT2D eigenvalue weighted by atomic mass is 9.90. The van der Waals surface area contributed by atoms with Gasteiger partial charge in [-0.25, -0.2) is 4.39 Å². The van der Waals surface area contributed by atoms with Crippen LogP contribution in [0.15, 0.2) is 12.1 Å². The molecule has 1 aromatic rings. The first kappa shape index (κ1) is 15.7. The Morgan fingerprint density at radius 1 is 1.45 bits per heavy atom. The van der Waals surface area contributed by atoms with E-state index in [-0.39, 0.29) is 12.3 Å². The van der Waals surface area contributed by atoms with Crippen LogP contribution >= 0.6 is 0 Å². The molecular weight excluding hydrogens is 270 g/mol. The highest BCUT2D eigenvalue weighted by Crippen LogP contribution is 2.26. The topological polar surface area (TPSA) is 84.0 Å². The molecule has 0 aliphatic rings. The van der Waals surface area contributed by atoms with E-state index in [2.05, 4.69) is 0 Å². The molecule has 106 valence electrons. The number of ketones is 1. The maximum Gasteiger partial charge on any atom is 0.308 e. The van der Waals surface area contributed by atoms with E-state index in [0.717, 1.165) is 0 Å². The lowest BCUT2D eigenvalue weighted by molar-refractivity contribution is -0.387. The molecule has 0 aliphatic heterocycles. The van der Waals surface area contributed by atoms with Crippen LogP contribution < -0.4 is 0 Å². The van der Waals surface area contributed by atoms with Gasteiger partial charge in [-0.1, -0.05) is 13.8 Å². The first-order chi connectivity index (χ1) is 9.27. The van der Waals surface area contributed by atoms with Crippen molar-refractivity contribution in [1.29, 1.82) is 5.26 Å². The Morgan fingerprint density at radius 3 is 2.50 bits per heavy atom. The van der Waals surface area contributed by atoms with E-state index < -0.39 is 39.5 Å². The average molecular weight is 282 g/mol. The molecule has 7 heteroatoms. The van der Waals surface area contributed by atoms with E-state index in [1.165, 1.54) is 0 Å². The molecule has 0 fully saturated rings. The third kappa shape index (κ3) is 3.35. The highest BCUT2D eigenvalue weighted by Gasteiger charge is 2.29. The van der Waals surface area contributed by atoms with Gasteiger partial charge in [0.05, 0.1) is 22.6 Å². The summed E-state index contributed by atoms with van der Waals surface area (Å²) in [6.45, 7) is 3.53. The monoisotopic (exact) mass is 282 g/mol. The van der Waals surface area contributed by atoms with Crippen LogP contribution in [-0.2, 0) is 0 Å². The van der Waals surface area contributed by atoms with E-state index in [4.69, 9.17) is 5.26 Å². The van der Waals surface area contributed by atoms with Crippen LogP contribution in [0.1, 0.15) is 30.6 Å². The fourth-order valence-electron chi connectivity index (χ4n) is 1.76. The summed E-state index contributed by atoms with van der Waals surface area (Å²) in [5.41, 5.74) is -1.88. The van der Waals surface area contributed by atoms with Gasteiger partial charge in [0.2, 0.25) is 5.82 Å². The average Bonchev–Trinajstić information content (AvgIpc) is 2.36. The van der Waals surface area contributed by atoms with Crippen LogP contribution in [0.3, 0.4) is 0 Å². The molecule has 0 aliphatic carbocycles. The minimum absolute atomic E-state index is 0.00444. The van der Waals surface area contributed by atoms with Crippen molar-refractivity contribution in [2.75, 3.05) is 0 Å². The molecule has 0 saturated heterocycles. The third-order valence-corrected chi connectivity index (χ3v) is 2.66. The summed E-state index contributed by atoms with van der Waals surface area (Å²) in [5.74, 6) is -4.62. The fraction of sp³-hybridized carbons (Fsp3) is 0.385. The lowest BCUT2D eigenvalue weighted by Crippen LogP contribution is -2.17. The molecule has 0 spiro atoms. The number of carbonyl (C=O) groups excluding carboxylic acids is 1. The highest BCUT2D eigenvalue weighted by molar-refractivity contribution is 6.00. The maximum atomic E-state index is 13.8. The fourth-order valence-corrected chi connectivity index (χ4v) is 1.76. The van der Waals surface area contributed by atoms with Crippen LogP contribution in [-0.4, -0.2) is 10.7 Å². The molecule has 0 amide bonds. The number of Topliss-reactive ketones (excluding diaryl/α,β-unsaturated/α-hetero) is 1. The predicted molar refractivity (Wildman–Crippen MR) is 65.9 cm³/mol. The van der Waals surface area contributed by atoms with Crippen LogP contribution in [0, 0.1) is 44.9 Å². The van der Waals surface area contributed by atoms with Crippen LogP contribution in [0.4, 0.5) is 14.5 Å². The number of nitrogens with zero attached hydrogens (tertiary/aromatic N) is 2. The summed E-state index contributed by atoms with van der Waals surface area (Å²) in [7, 11) is 0. The van der Waals surface area contributed by atoms with Crippen LogP contribution in [0.2, 0.25) is 0 Å². The molecule has 20 heavy (non-hydrogen) atoms. The molecule has 1 unspecified atom stereocenters. The van der Waals surface area contributed by atoms with Gasteiger partial charge in [0.1, 0.15) is 11.7 Å². The molecule has 0 aromatic heterocycles. The van der Waals surface area contributed by atoms with Crippen molar-refractivity contribution in [3.63, 3.8) is 0 Å². The first-order valence-electron chi connectivity index (χ1n) is 5.85. The normalized spacial score (nSPS) is 12.0. The van der Waals surface area contributed by atoms with Gasteiger partial charge in [0, 0.05) is 0 Å². The van der Waals surface area contributed by atoms with Crippen molar-refractivity contribution < 1.29 is 18.5 Å². The summed E-state index contributed by atoms with van der Waals surface area (Å²) in [4.78, 5) is 21.5. The molecular formula is C13H12F2N2O3. The largest absolute Gasteiger partial charge is 0.308 e. The second-order valence-electron chi connectivity index (χ2n) is 4.72. The molecule has 5 nitrogen and oxygen atoms in total. The Kier molecular flexibility index (Phi) is 4.86. The van der Waals surface area contributed by atoms with Crippen molar-refractivity contribution in [2.45, 2.75) is 20.3 Å². The van der Waals surface area contributed by atoms with Gasteiger partial charge in [-0.3, -0.25) is 14.9 Å². The number of carbonyl (C=O) groups is 1. The maximum absolute atomic E-state index is 13.8. The molecule has 1 aromatic carbocycles. The summed E-state index contributed by atoms with van der Waals surface area (Å²) in [6.07, 6.45) is 0.166. The number of nitro benzene ring substituents is 1. The molecule has 1 rings (SSSR count). The second-order valence-corrected chi connectivity index (χ2v) is 4.72. The molecule has 0 saturated carbocycles. The number of hydrogen-bond donors (Lipinski definition) is 0. The second kappa shape index (κ2) is 6.19. The van der Waals surface area contributed by atoms with Gasteiger partial charge in [-0.15, -0.1) is 0 Å². The Balaban J connectivity index is 3.29. The van der Waals surface area contributed by atoms with Crippen molar-refractivity contribution >= 4 is 11.5 Å². The third-order valence-electron chi connectivity index (χ3n) is 2.66. The van der Waals surface area contributed by atoms with Gasteiger partial charge in [-0.2, -0.15) is 9.65 Å². The first-order valence-corrected chi connectivity index (χ1v) is 5.85. The summed E-state index contributed by atoms with van der Waals surface area (Å²) >= 11 is 0.